The van der Waals surface area contributed by atoms with E-state index >= 15 is 0 Å². The van der Waals surface area contributed by atoms with Gasteiger partial charge in [-0.05, 0) is 25.0 Å². The molecule has 0 aliphatic heterocycles. The Morgan fingerprint density at radius 3 is 2.39 bits per heavy atom. The van der Waals surface area contributed by atoms with E-state index in [0.717, 1.165) is 0 Å². The minimum atomic E-state index is -0.197. The van der Waals surface area contributed by atoms with E-state index in [0.29, 0.717) is 46.7 Å². The summed E-state index contributed by atoms with van der Waals surface area (Å²) in [5.74, 6) is 5.17. The van der Waals surface area contributed by atoms with E-state index < -0.39 is 0 Å². The Morgan fingerprint density at radius 2 is 1.83 bits per heavy atom. The predicted octanol–water partition coefficient (Wildman–Crippen LogP) is 3.19. The number of benzene rings is 1. The van der Waals surface area contributed by atoms with Crippen LogP contribution in [-0.4, -0.2) is 12.5 Å². The number of unbranched alkanes of at least 4 members (excludes halogenated alkanes) is 1. The van der Waals surface area contributed by atoms with Crippen molar-refractivity contribution >= 4 is 40.7 Å². The van der Waals surface area contributed by atoms with Crippen LogP contribution >= 0.6 is 34.8 Å². The standard InChI is InChI=1S/C11H13Cl3N2O2/c12-7-5-8(13)11(9(14)6-7)18-4-2-1-3-10(17)16-15/h5-6H,1-4,15H2,(H,16,17). The van der Waals surface area contributed by atoms with Crippen LogP contribution in [0.15, 0.2) is 12.1 Å². The fraction of sp³-hybridized carbons (Fsp3) is 0.364. The van der Waals surface area contributed by atoms with Crippen molar-refractivity contribution in [1.82, 2.24) is 5.43 Å². The monoisotopic (exact) mass is 310 g/mol. The summed E-state index contributed by atoms with van der Waals surface area (Å²) in [6, 6.07) is 3.12. The van der Waals surface area contributed by atoms with Crippen molar-refractivity contribution in [2.24, 2.45) is 5.84 Å². The first-order valence-electron chi connectivity index (χ1n) is 5.31. The molecule has 0 atom stereocenters. The summed E-state index contributed by atoms with van der Waals surface area (Å²) < 4.78 is 5.45. The zero-order valence-corrected chi connectivity index (χ0v) is 11.8. The Labute approximate surface area is 120 Å². The number of ether oxygens (including phenoxy) is 1. The highest BCUT2D eigenvalue weighted by Crippen LogP contribution is 2.35. The number of carbonyl (C=O) groups excluding carboxylic acids is 1. The molecule has 0 aromatic heterocycles. The first-order chi connectivity index (χ1) is 8.54. The van der Waals surface area contributed by atoms with Gasteiger partial charge in [0.2, 0.25) is 5.91 Å². The van der Waals surface area contributed by atoms with Gasteiger partial charge in [0.1, 0.15) is 0 Å². The lowest BCUT2D eigenvalue weighted by Crippen LogP contribution is -2.29. The lowest BCUT2D eigenvalue weighted by Gasteiger charge is -2.10. The van der Waals surface area contributed by atoms with E-state index in [-0.39, 0.29) is 5.91 Å². The van der Waals surface area contributed by atoms with E-state index in [9.17, 15) is 4.79 Å². The number of halogens is 3. The highest BCUT2D eigenvalue weighted by molar-refractivity contribution is 6.40. The van der Waals surface area contributed by atoms with Gasteiger partial charge in [-0.25, -0.2) is 5.84 Å². The van der Waals surface area contributed by atoms with Crippen molar-refractivity contribution < 1.29 is 9.53 Å². The number of carbonyl (C=O) groups is 1. The number of rotatable bonds is 6. The normalized spacial score (nSPS) is 10.2. The van der Waals surface area contributed by atoms with Crippen LogP contribution in [0.25, 0.3) is 0 Å². The molecular formula is C11H13Cl3N2O2. The molecule has 0 unspecified atom stereocenters. The van der Waals surface area contributed by atoms with E-state index in [1.807, 2.05) is 0 Å². The summed E-state index contributed by atoms with van der Waals surface area (Å²) in [4.78, 5) is 10.9. The molecule has 7 heteroatoms. The number of nitrogens with two attached hydrogens (primary N) is 1. The molecule has 0 aliphatic rings. The van der Waals surface area contributed by atoms with Crippen LogP contribution in [0.3, 0.4) is 0 Å². The SMILES string of the molecule is NNC(=O)CCCCOc1c(Cl)cc(Cl)cc1Cl. The molecule has 0 spiro atoms. The number of amides is 1. The minimum absolute atomic E-state index is 0.197. The molecule has 1 amide bonds. The third kappa shape index (κ3) is 4.90. The molecule has 0 bridgehead atoms. The quantitative estimate of drug-likeness (QED) is 0.367. The smallest absolute Gasteiger partial charge is 0.233 e. The molecule has 18 heavy (non-hydrogen) atoms. The first-order valence-corrected chi connectivity index (χ1v) is 6.44. The van der Waals surface area contributed by atoms with E-state index in [2.05, 4.69) is 5.43 Å². The molecule has 3 N–H and O–H groups in total. The van der Waals surface area contributed by atoms with Crippen molar-refractivity contribution in [2.45, 2.75) is 19.3 Å². The third-order valence-electron chi connectivity index (χ3n) is 2.17. The maximum absolute atomic E-state index is 10.9. The minimum Gasteiger partial charge on any atom is -0.490 e. The van der Waals surface area contributed by atoms with Gasteiger partial charge in [-0.2, -0.15) is 0 Å². The van der Waals surface area contributed by atoms with E-state index in [4.69, 9.17) is 45.4 Å². The van der Waals surface area contributed by atoms with Crippen LogP contribution in [0.1, 0.15) is 19.3 Å². The predicted molar refractivity (Wildman–Crippen MR) is 73.1 cm³/mol. The summed E-state index contributed by atoms with van der Waals surface area (Å²) in [6.45, 7) is 0.416. The van der Waals surface area contributed by atoms with Gasteiger partial charge in [0.05, 0.1) is 16.7 Å². The lowest BCUT2D eigenvalue weighted by atomic mass is 10.2. The zero-order valence-electron chi connectivity index (χ0n) is 9.51. The molecular weight excluding hydrogens is 298 g/mol. The van der Waals surface area contributed by atoms with Crippen molar-refractivity contribution in [3.8, 4) is 5.75 Å². The van der Waals surface area contributed by atoms with Crippen LogP contribution < -0.4 is 16.0 Å². The van der Waals surface area contributed by atoms with Gasteiger partial charge in [-0.3, -0.25) is 10.2 Å². The fourth-order valence-corrected chi connectivity index (χ4v) is 2.23. The van der Waals surface area contributed by atoms with Crippen molar-refractivity contribution in [2.75, 3.05) is 6.61 Å². The van der Waals surface area contributed by atoms with Crippen LogP contribution in [0.4, 0.5) is 0 Å². The maximum Gasteiger partial charge on any atom is 0.233 e. The first kappa shape index (κ1) is 15.4. The van der Waals surface area contributed by atoms with Crippen LogP contribution in [0.2, 0.25) is 15.1 Å². The van der Waals surface area contributed by atoms with E-state index in [1.165, 1.54) is 0 Å². The lowest BCUT2D eigenvalue weighted by molar-refractivity contribution is -0.121. The number of nitrogens with one attached hydrogen (secondary N) is 1. The highest BCUT2D eigenvalue weighted by Gasteiger charge is 2.09. The molecule has 0 aliphatic carbocycles. The highest BCUT2D eigenvalue weighted by atomic mass is 35.5. The van der Waals surface area contributed by atoms with Crippen LogP contribution in [-0.2, 0) is 4.79 Å². The summed E-state index contributed by atoms with van der Waals surface area (Å²) in [6.07, 6.45) is 1.73. The average molecular weight is 312 g/mol. The van der Waals surface area contributed by atoms with E-state index in [1.54, 1.807) is 12.1 Å². The molecule has 1 rings (SSSR count). The molecule has 4 nitrogen and oxygen atoms in total. The van der Waals surface area contributed by atoms with Gasteiger partial charge in [-0.15, -0.1) is 0 Å². The topological polar surface area (TPSA) is 64.3 Å². The fourth-order valence-electron chi connectivity index (χ4n) is 1.30. The molecule has 1 aromatic carbocycles. The summed E-state index contributed by atoms with van der Waals surface area (Å²) in [5, 5.41) is 1.19. The molecule has 100 valence electrons. The van der Waals surface area contributed by atoms with Crippen molar-refractivity contribution in [3.63, 3.8) is 0 Å². The Hall–Kier alpha value is -0.680. The Balaban J connectivity index is 2.38. The summed E-state index contributed by atoms with van der Waals surface area (Å²) in [7, 11) is 0. The Morgan fingerprint density at radius 1 is 1.22 bits per heavy atom. The van der Waals surface area contributed by atoms with Gasteiger partial charge in [-0.1, -0.05) is 34.8 Å². The van der Waals surface area contributed by atoms with Crippen molar-refractivity contribution in [1.29, 1.82) is 0 Å². The summed E-state index contributed by atoms with van der Waals surface area (Å²) >= 11 is 17.7. The Kier molecular flexibility index (Phi) is 6.57. The number of hydrogen-bond acceptors (Lipinski definition) is 3. The van der Waals surface area contributed by atoms with Gasteiger partial charge in [0.25, 0.3) is 0 Å². The van der Waals surface area contributed by atoms with Gasteiger partial charge < -0.3 is 4.74 Å². The Bertz CT molecular complexity index is 404. The maximum atomic E-state index is 10.9. The van der Waals surface area contributed by atoms with Gasteiger partial charge in [0.15, 0.2) is 5.75 Å². The molecule has 1 aromatic rings. The van der Waals surface area contributed by atoms with Crippen LogP contribution in [0.5, 0.6) is 5.75 Å². The number of hydrazine groups is 1. The van der Waals surface area contributed by atoms with Crippen molar-refractivity contribution in [3.05, 3.63) is 27.2 Å². The molecule has 0 radical (unpaired) electrons. The molecule has 0 saturated heterocycles. The number of hydrogen-bond donors (Lipinski definition) is 2. The molecule has 0 fully saturated rings. The second-order valence-corrected chi connectivity index (χ2v) is 4.82. The molecule has 0 heterocycles. The molecule has 0 saturated carbocycles. The van der Waals surface area contributed by atoms with Gasteiger partial charge in [0, 0.05) is 11.4 Å². The second kappa shape index (κ2) is 7.69. The third-order valence-corrected chi connectivity index (χ3v) is 2.95. The largest absolute Gasteiger partial charge is 0.490 e. The zero-order chi connectivity index (χ0) is 13.5. The second-order valence-electron chi connectivity index (χ2n) is 3.57. The van der Waals surface area contributed by atoms with Gasteiger partial charge >= 0.3 is 0 Å². The summed E-state index contributed by atoms with van der Waals surface area (Å²) in [5.41, 5.74) is 2.06. The van der Waals surface area contributed by atoms with Crippen LogP contribution in [0, 0.1) is 0 Å². The average Bonchev–Trinajstić information content (AvgIpc) is 2.31.